The standard InChI is InChI=1S/C18H21FN4S/c1-11-15(13-5-7-14(19)8-6-13)16-17(20-9-10-23(3)4)21-12(2)22-18(16)24-11/h5-8H,9-10H2,1-4H3,(H,20,21,22). The van der Waals surface area contributed by atoms with Crippen LogP contribution in [0.25, 0.3) is 21.3 Å². The van der Waals surface area contributed by atoms with Crippen LogP contribution in [0.1, 0.15) is 10.7 Å². The van der Waals surface area contributed by atoms with E-state index in [9.17, 15) is 4.39 Å². The van der Waals surface area contributed by atoms with Gasteiger partial charge in [-0.25, -0.2) is 14.4 Å². The SMILES string of the molecule is Cc1nc(NCCN(C)C)c2c(-c3ccc(F)cc3)c(C)sc2n1. The number of hydrogen-bond acceptors (Lipinski definition) is 5. The largest absolute Gasteiger partial charge is 0.368 e. The Kier molecular flexibility index (Phi) is 4.78. The molecule has 6 heteroatoms. The molecule has 0 aliphatic rings. The molecule has 0 unspecified atom stereocenters. The minimum atomic E-state index is -0.229. The lowest BCUT2D eigenvalue weighted by Gasteiger charge is -2.13. The van der Waals surface area contributed by atoms with Crippen molar-refractivity contribution in [3.05, 3.63) is 40.8 Å². The van der Waals surface area contributed by atoms with E-state index in [1.165, 1.54) is 12.1 Å². The number of fused-ring (bicyclic) bond motifs is 1. The van der Waals surface area contributed by atoms with Gasteiger partial charge in [-0.2, -0.15) is 0 Å². The van der Waals surface area contributed by atoms with Crippen LogP contribution < -0.4 is 5.32 Å². The van der Waals surface area contributed by atoms with Crippen molar-refractivity contribution in [3.63, 3.8) is 0 Å². The van der Waals surface area contributed by atoms with E-state index in [-0.39, 0.29) is 5.82 Å². The maximum absolute atomic E-state index is 13.3. The van der Waals surface area contributed by atoms with Crippen molar-refractivity contribution >= 4 is 27.4 Å². The third kappa shape index (κ3) is 3.39. The summed E-state index contributed by atoms with van der Waals surface area (Å²) in [4.78, 5) is 13.4. The smallest absolute Gasteiger partial charge is 0.139 e. The molecule has 0 radical (unpaired) electrons. The summed E-state index contributed by atoms with van der Waals surface area (Å²) in [7, 11) is 4.09. The Labute approximate surface area is 145 Å². The van der Waals surface area contributed by atoms with Crippen LogP contribution >= 0.6 is 11.3 Å². The average molecular weight is 344 g/mol. The molecule has 3 rings (SSSR count). The number of thiophene rings is 1. The van der Waals surface area contributed by atoms with Gasteiger partial charge in [0.05, 0.1) is 5.39 Å². The second-order valence-corrected chi connectivity index (χ2v) is 7.27. The van der Waals surface area contributed by atoms with Crippen LogP contribution in [-0.4, -0.2) is 42.1 Å². The van der Waals surface area contributed by atoms with Crippen molar-refractivity contribution in [2.75, 3.05) is 32.5 Å². The first-order valence-corrected chi connectivity index (χ1v) is 8.69. The number of nitrogens with zero attached hydrogens (tertiary/aromatic N) is 3. The summed E-state index contributed by atoms with van der Waals surface area (Å²) in [5, 5.41) is 4.46. The fourth-order valence-corrected chi connectivity index (χ4v) is 3.80. The number of nitrogens with one attached hydrogen (secondary N) is 1. The van der Waals surface area contributed by atoms with Crippen LogP contribution in [0.3, 0.4) is 0 Å². The predicted octanol–water partition coefficient (Wildman–Crippen LogP) is 4.09. The van der Waals surface area contributed by atoms with E-state index in [2.05, 4.69) is 27.1 Å². The van der Waals surface area contributed by atoms with Gasteiger partial charge in [-0.1, -0.05) is 12.1 Å². The molecule has 24 heavy (non-hydrogen) atoms. The average Bonchev–Trinajstić information content (AvgIpc) is 2.83. The molecule has 1 N–H and O–H groups in total. The maximum atomic E-state index is 13.3. The second kappa shape index (κ2) is 6.83. The summed E-state index contributed by atoms with van der Waals surface area (Å²) >= 11 is 1.65. The van der Waals surface area contributed by atoms with Gasteiger partial charge in [-0.3, -0.25) is 0 Å². The quantitative estimate of drug-likeness (QED) is 0.757. The zero-order valence-electron chi connectivity index (χ0n) is 14.4. The van der Waals surface area contributed by atoms with Gasteiger partial charge in [0.2, 0.25) is 0 Å². The Bertz CT molecular complexity index is 856. The van der Waals surface area contributed by atoms with E-state index in [1.54, 1.807) is 11.3 Å². The number of hydrogen-bond donors (Lipinski definition) is 1. The molecule has 0 spiro atoms. The van der Waals surface area contributed by atoms with Gasteiger partial charge >= 0.3 is 0 Å². The van der Waals surface area contributed by atoms with Gasteiger partial charge in [-0.15, -0.1) is 11.3 Å². The van der Waals surface area contributed by atoms with Gasteiger partial charge in [0.25, 0.3) is 0 Å². The lowest BCUT2D eigenvalue weighted by molar-refractivity contribution is 0.425. The van der Waals surface area contributed by atoms with E-state index < -0.39 is 0 Å². The van der Waals surface area contributed by atoms with Crippen molar-refractivity contribution < 1.29 is 4.39 Å². The Morgan fingerprint density at radius 1 is 1.12 bits per heavy atom. The minimum absolute atomic E-state index is 0.229. The molecule has 1 aromatic carbocycles. The lowest BCUT2D eigenvalue weighted by atomic mass is 10.0. The summed E-state index contributed by atoms with van der Waals surface area (Å²) in [6.45, 7) is 5.70. The van der Waals surface area contributed by atoms with E-state index in [0.29, 0.717) is 0 Å². The Morgan fingerprint density at radius 2 is 1.83 bits per heavy atom. The van der Waals surface area contributed by atoms with Crippen LogP contribution in [0.15, 0.2) is 24.3 Å². The van der Waals surface area contributed by atoms with Gasteiger partial charge in [0, 0.05) is 23.5 Å². The van der Waals surface area contributed by atoms with Crippen molar-refractivity contribution in [3.8, 4) is 11.1 Å². The number of aromatic nitrogens is 2. The molecule has 0 saturated heterocycles. The Balaban J connectivity index is 2.11. The van der Waals surface area contributed by atoms with E-state index in [1.807, 2.05) is 33.2 Å². The van der Waals surface area contributed by atoms with Gasteiger partial charge in [-0.05, 0) is 45.6 Å². The predicted molar refractivity (Wildman–Crippen MR) is 99.3 cm³/mol. The molecule has 2 heterocycles. The molecular formula is C18H21FN4S. The number of likely N-dealkylation sites (N-methyl/N-ethyl adjacent to an activating group) is 1. The number of benzene rings is 1. The highest BCUT2D eigenvalue weighted by atomic mass is 32.1. The first kappa shape index (κ1) is 16.8. The summed E-state index contributed by atoms with van der Waals surface area (Å²) in [6.07, 6.45) is 0. The molecule has 2 aromatic heterocycles. The number of rotatable bonds is 5. The minimum Gasteiger partial charge on any atom is -0.368 e. The third-order valence-corrected chi connectivity index (χ3v) is 4.82. The summed E-state index contributed by atoms with van der Waals surface area (Å²) in [5.41, 5.74) is 2.07. The summed E-state index contributed by atoms with van der Waals surface area (Å²) in [5.74, 6) is 1.37. The van der Waals surface area contributed by atoms with Gasteiger partial charge in [0.1, 0.15) is 22.3 Å². The zero-order valence-corrected chi connectivity index (χ0v) is 15.2. The van der Waals surface area contributed by atoms with Crippen LogP contribution in [0.2, 0.25) is 0 Å². The first-order chi connectivity index (χ1) is 11.5. The first-order valence-electron chi connectivity index (χ1n) is 7.88. The molecule has 0 aliphatic heterocycles. The maximum Gasteiger partial charge on any atom is 0.139 e. The molecular weight excluding hydrogens is 323 g/mol. The van der Waals surface area contributed by atoms with Crippen molar-refractivity contribution in [2.24, 2.45) is 0 Å². The van der Waals surface area contributed by atoms with Crippen molar-refractivity contribution in [1.29, 1.82) is 0 Å². The molecule has 126 valence electrons. The van der Waals surface area contributed by atoms with Crippen LogP contribution in [-0.2, 0) is 0 Å². The van der Waals surface area contributed by atoms with E-state index in [0.717, 1.165) is 51.0 Å². The highest BCUT2D eigenvalue weighted by molar-refractivity contribution is 7.19. The Hall–Kier alpha value is -2.05. The van der Waals surface area contributed by atoms with Crippen LogP contribution in [0.4, 0.5) is 10.2 Å². The highest BCUT2D eigenvalue weighted by Crippen LogP contribution is 2.40. The molecule has 0 atom stereocenters. The molecule has 3 aromatic rings. The number of halogens is 1. The third-order valence-electron chi connectivity index (χ3n) is 3.82. The second-order valence-electron chi connectivity index (χ2n) is 6.07. The van der Waals surface area contributed by atoms with E-state index >= 15 is 0 Å². The molecule has 0 bridgehead atoms. The fourth-order valence-electron chi connectivity index (χ4n) is 2.71. The number of anilines is 1. The van der Waals surface area contributed by atoms with Crippen molar-refractivity contribution in [2.45, 2.75) is 13.8 Å². The molecule has 4 nitrogen and oxygen atoms in total. The molecule has 0 aliphatic carbocycles. The molecule has 0 fully saturated rings. The molecule has 0 amide bonds. The summed E-state index contributed by atoms with van der Waals surface area (Å²) < 4.78 is 13.3. The normalized spacial score (nSPS) is 11.4. The number of aryl methyl sites for hydroxylation is 2. The molecule has 0 saturated carbocycles. The summed E-state index contributed by atoms with van der Waals surface area (Å²) in [6, 6.07) is 6.61. The lowest BCUT2D eigenvalue weighted by Crippen LogP contribution is -2.21. The van der Waals surface area contributed by atoms with Gasteiger partial charge in [0.15, 0.2) is 0 Å². The zero-order chi connectivity index (χ0) is 17.3. The monoisotopic (exact) mass is 344 g/mol. The highest BCUT2D eigenvalue weighted by Gasteiger charge is 2.17. The topological polar surface area (TPSA) is 41.1 Å². The van der Waals surface area contributed by atoms with Gasteiger partial charge < -0.3 is 10.2 Å². The Morgan fingerprint density at radius 3 is 2.50 bits per heavy atom. The fraction of sp³-hybridized carbons (Fsp3) is 0.333. The van der Waals surface area contributed by atoms with Crippen LogP contribution in [0.5, 0.6) is 0 Å². The van der Waals surface area contributed by atoms with Crippen LogP contribution in [0, 0.1) is 19.7 Å². The van der Waals surface area contributed by atoms with E-state index in [4.69, 9.17) is 0 Å². The van der Waals surface area contributed by atoms with Crippen molar-refractivity contribution in [1.82, 2.24) is 14.9 Å².